The summed E-state index contributed by atoms with van der Waals surface area (Å²) in [5.41, 5.74) is 14.4. The molecule has 0 bridgehead atoms. The van der Waals surface area contributed by atoms with E-state index in [4.69, 9.17) is 4.42 Å². The molecular formula is C45H28O. The first-order chi connectivity index (χ1) is 22.8. The van der Waals surface area contributed by atoms with Gasteiger partial charge in [0, 0.05) is 16.3 Å². The quantitative estimate of drug-likeness (QED) is 0.201. The Morgan fingerprint density at radius 2 is 0.913 bits per heavy atom. The van der Waals surface area contributed by atoms with Crippen LogP contribution >= 0.6 is 0 Å². The van der Waals surface area contributed by atoms with Crippen LogP contribution in [0.5, 0.6) is 0 Å². The number of fused-ring (bicyclic) bond motifs is 8. The molecule has 8 aromatic carbocycles. The summed E-state index contributed by atoms with van der Waals surface area (Å²) in [6.45, 7) is 0. The molecule has 0 N–H and O–H groups in total. The van der Waals surface area contributed by atoms with Gasteiger partial charge in [0.25, 0.3) is 0 Å². The van der Waals surface area contributed by atoms with Crippen LogP contribution in [-0.4, -0.2) is 0 Å². The van der Waals surface area contributed by atoms with Gasteiger partial charge in [-0.2, -0.15) is 0 Å². The van der Waals surface area contributed by atoms with E-state index < -0.39 is 0 Å². The van der Waals surface area contributed by atoms with E-state index in [-0.39, 0.29) is 0 Å². The van der Waals surface area contributed by atoms with Gasteiger partial charge >= 0.3 is 0 Å². The molecule has 0 radical (unpaired) electrons. The zero-order valence-corrected chi connectivity index (χ0v) is 25.1. The normalized spacial score (nSPS) is 12.3. The van der Waals surface area contributed by atoms with E-state index in [0.717, 1.165) is 33.9 Å². The highest BCUT2D eigenvalue weighted by Crippen LogP contribution is 2.45. The molecule has 0 spiro atoms. The summed E-state index contributed by atoms with van der Waals surface area (Å²) >= 11 is 0. The van der Waals surface area contributed by atoms with E-state index >= 15 is 0 Å². The van der Waals surface area contributed by atoms with Crippen molar-refractivity contribution in [3.05, 3.63) is 169 Å². The molecule has 1 aliphatic carbocycles. The Bertz CT molecular complexity index is 2660. The first-order valence-corrected chi connectivity index (χ1v) is 16.0. The predicted molar refractivity (Wildman–Crippen MR) is 193 cm³/mol. The highest BCUT2D eigenvalue weighted by atomic mass is 16.3. The lowest BCUT2D eigenvalue weighted by Crippen LogP contribution is -1.87. The Balaban J connectivity index is 1.26. The Labute approximate surface area is 267 Å². The fraction of sp³-hybridized carbons (Fsp3) is 0.0222. The average molecular weight is 585 g/mol. The molecule has 0 amide bonds. The standard InChI is InChI=1S/C45H28O/c1-4-14-35-28(9-1)12-7-17-37(35)32-21-22-44-42(25-32)43-27-34(39-18-8-13-29-10-2-5-15-36(29)39)26-41(45(43)46-44)33-20-19-31-23-30-11-3-6-16-38(30)40(31)24-33/h1-22,24-27H,23H2. The van der Waals surface area contributed by atoms with Crippen molar-refractivity contribution in [3.63, 3.8) is 0 Å². The van der Waals surface area contributed by atoms with Crippen molar-refractivity contribution >= 4 is 43.5 Å². The third kappa shape index (κ3) is 3.82. The molecule has 1 heteroatoms. The van der Waals surface area contributed by atoms with Crippen molar-refractivity contribution in [2.24, 2.45) is 0 Å². The van der Waals surface area contributed by atoms with Gasteiger partial charge in [0.1, 0.15) is 11.2 Å². The lowest BCUT2D eigenvalue weighted by Gasteiger charge is -2.12. The summed E-state index contributed by atoms with van der Waals surface area (Å²) in [6, 6.07) is 57.5. The summed E-state index contributed by atoms with van der Waals surface area (Å²) in [4.78, 5) is 0. The lowest BCUT2D eigenvalue weighted by atomic mass is 9.91. The SMILES string of the molecule is c1ccc2c(c1)Cc1ccc(-c3cc(-c4cccc5ccccc45)cc4c3oc3ccc(-c5cccc6ccccc56)cc34)cc1-2. The molecule has 1 aromatic heterocycles. The van der Waals surface area contributed by atoms with Gasteiger partial charge in [-0.25, -0.2) is 0 Å². The van der Waals surface area contributed by atoms with Crippen molar-refractivity contribution in [3.8, 4) is 44.5 Å². The zero-order chi connectivity index (χ0) is 30.2. The van der Waals surface area contributed by atoms with E-state index in [9.17, 15) is 0 Å². The predicted octanol–water partition coefficient (Wildman–Crippen LogP) is 12.5. The Morgan fingerprint density at radius 1 is 0.348 bits per heavy atom. The molecule has 1 heterocycles. The van der Waals surface area contributed by atoms with Crippen LogP contribution in [0.3, 0.4) is 0 Å². The maximum absolute atomic E-state index is 6.78. The molecule has 46 heavy (non-hydrogen) atoms. The number of furan rings is 1. The molecule has 214 valence electrons. The molecule has 1 nitrogen and oxygen atoms in total. The second-order valence-electron chi connectivity index (χ2n) is 12.5. The van der Waals surface area contributed by atoms with Crippen LogP contribution in [0.15, 0.2) is 162 Å². The maximum Gasteiger partial charge on any atom is 0.143 e. The van der Waals surface area contributed by atoms with Crippen molar-refractivity contribution in [2.75, 3.05) is 0 Å². The van der Waals surface area contributed by atoms with Crippen LogP contribution in [-0.2, 0) is 6.42 Å². The Morgan fingerprint density at radius 3 is 1.72 bits per heavy atom. The molecule has 0 fully saturated rings. The van der Waals surface area contributed by atoms with Gasteiger partial charge < -0.3 is 4.42 Å². The number of hydrogen-bond acceptors (Lipinski definition) is 1. The third-order valence-corrected chi connectivity index (χ3v) is 9.88. The molecule has 10 rings (SSSR count). The highest BCUT2D eigenvalue weighted by Gasteiger charge is 2.21. The lowest BCUT2D eigenvalue weighted by molar-refractivity contribution is 0.670. The second kappa shape index (κ2) is 9.79. The van der Waals surface area contributed by atoms with Crippen LogP contribution in [0.1, 0.15) is 11.1 Å². The second-order valence-corrected chi connectivity index (χ2v) is 12.5. The molecule has 1 aliphatic rings. The number of rotatable bonds is 3. The van der Waals surface area contributed by atoms with Gasteiger partial charge in [-0.15, -0.1) is 0 Å². The van der Waals surface area contributed by atoms with Crippen molar-refractivity contribution in [1.29, 1.82) is 0 Å². The molecule has 0 saturated carbocycles. The van der Waals surface area contributed by atoms with Crippen LogP contribution < -0.4 is 0 Å². The van der Waals surface area contributed by atoms with E-state index in [1.165, 1.54) is 71.6 Å². The van der Waals surface area contributed by atoms with E-state index in [1.807, 2.05) is 0 Å². The van der Waals surface area contributed by atoms with Crippen LogP contribution in [0.4, 0.5) is 0 Å². The van der Waals surface area contributed by atoms with Crippen LogP contribution in [0, 0.1) is 0 Å². The van der Waals surface area contributed by atoms with E-state index in [1.54, 1.807) is 0 Å². The van der Waals surface area contributed by atoms with Gasteiger partial charge in [0.2, 0.25) is 0 Å². The summed E-state index contributed by atoms with van der Waals surface area (Å²) in [5.74, 6) is 0. The molecule has 0 unspecified atom stereocenters. The van der Waals surface area contributed by atoms with Gasteiger partial charge in [0.05, 0.1) is 0 Å². The van der Waals surface area contributed by atoms with Gasteiger partial charge in [0.15, 0.2) is 0 Å². The molecule has 0 saturated heterocycles. The van der Waals surface area contributed by atoms with Gasteiger partial charge in [-0.1, -0.05) is 127 Å². The molecular weight excluding hydrogens is 556 g/mol. The molecule has 0 atom stereocenters. The minimum Gasteiger partial charge on any atom is -0.455 e. The fourth-order valence-corrected chi connectivity index (χ4v) is 7.66. The minimum absolute atomic E-state index is 0.904. The topological polar surface area (TPSA) is 13.1 Å². The summed E-state index contributed by atoms with van der Waals surface area (Å²) in [6.07, 6.45) is 0.985. The fourth-order valence-electron chi connectivity index (χ4n) is 7.66. The van der Waals surface area contributed by atoms with Gasteiger partial charge in [-0.05, 0) is 108 Å². The monoisotopic (exact) mass is 584 g/mol. The zero-order valence-electron chi connectivity index (χ0n) is 25.1. The van der Waals surface area contributed by atoms with Gasteiger partial charge in [-0.3, -0.25) is 0 Å². The summed E-state index contributed by atoms with van der Waals surface area (Å²) < 4.78 is 6.78. The maximum atomic E-state index is 6.78. The molecule has 9 aromatic rings. The summed E-state index contributed by atoms with van der Waals surface area (Å²) in [5, 5.41) is 7.27. The Hall–Kier alpha value is -5.92. The number of benzene rings is 8. The van der Waals surface area contributed by atoms with Crippen molar-refractivity contribution in [1.82, 2.24) is 0 Å². The van der Waals surface area contributed by atoms with Crippen molar-refractivity contribution < 1.29 is 4.42 Å². The minimum atomic E-state index is 0.904. The first kappa shape index (κ1) is 25.4. The van der Waals surface area contributed by atoms with E-state index in [0.29, 0.717) is 0 Å². The summed E-state index contributed by atoms with van der Waals surface area (Å²) in [7, 11) is 0. The first-order valence-electron chi connectivity index (χ1n) is 16.0. The van der Waals surface area contributed by atoms with Crippen LogP contribution in [0.25, 0.3) is 88.0 Å². The van der Waals surface area contributed by atoms with Crippen molar-refractivity contribution in [2.45, 2.75) is 6.42 Å². The smallest absolute Gasteiger partial charge is 0.143 e. The third-order valence-electron chi connectivity index (χ3n) is 9.88. The van der Waals surface area contributed by atoms with Crippen LogP contribution in [0.2, 0.25) is 0 Å². The Kier molecular flexibility index (Phi) is 5.41. The van der Waals surface area contributed by atoms with E-state index in [2.05, 4.69) is 158 Å². The highest BCUT2D eigenvalue weighted by molar-refractivity contribution is 6.14. The number of hydrogen-bond donors (Lipinski definition) is 0. The molecule has 0 aliphatic heterocycles. The average Bonchev–Trinajstić information content (AvgIpc) is 3.68. The largest absolute Gasteiger partial charge is 0.455 e.